The molecule has 0 aliphatic carbocycles. The fourth-order valence-corrected chi connectivity index (χ4v) is 4.71. The summed E-state index contributed by atoms with van der Waals surface area (Å²) in [6.07, 6.45) is 0.0274. The molecule has 0 atom stereocenters. The van der Waals surface area contributed by atoms with E-state index in [-0.39, 0.29) is 30.0 Å². The van der Waals surface area contributed by atoms with E-state index in [9.17, 15) is 14.4 Å². The van der Waals surface area contributed by atoms with Crippen molar-refractivity contribution in [1.29, 1.82) is 0 Å². The van der Waals surface area contributed by atoms with E-state index in [2.05, 4.69) is 10.4 Å². The van der Waals surface area contributed by atoms with Crippen molar-refractivity contribution in [2.75, 3.05) is 33.3 Å². The summed E-state index contributed by atoms with van der Waals surface area (Å²) in [6, 6.07) is 11.9. The zero-order chi connectivity index (χ0) is 26.5. The molecule has 4 aromatic rings. The minimum absolute atomic E-state index is 0.0274. The summed E-state index contributed by atoms with van der Waals surface area (Å²) in [7, 11) is 4.55. The molecule has 0 aliphatic rings. The molecule has 2 heterocycles. The van der Waals surface area contributed by atoms with E-state index in [1.54, 1.807) is 54.8 Å². The predicted octanol–water partition coefficient (Wildman–Crippen LogP) is 3.83. The summed E-state index contributed by atoms with van der Waals surface area (Å²) in [5, 5.41) is 9.48. The number of anilines is 1. The smallest absolute Gasteiger partial charge is 0.359 e. The Hall–Kier alpha value is -4.38. The Morgan fingerprint density at radius 1 is 1.03 bits per heavy atom. The average molecular weight is 524 g/mol. The van der Waals surface area contributed by atoms with Gasteiger partial charge in [-0.3, -0.25) is 9.59 Å². The van der Waals surface area contributed by atoms with Gasteiger partial charge in [-0.2, -0.15) is 9.78 Å². The van der Waals surface area contributed by atoms with E-state index in [0.717, 1.165) is 16.0 Å². The van der Waals surface area contributed by atoms with Crippen molar-refractivity contribution < 1.29 is 28.5 Å². The van der Waals surface area contributed by atoms with E-state index < -0.39 is 11.5 Å². The zero-order valence-corrected chi connectivity index (χ0v) is 21.5. The Kier molecular flexibility index (Phi) is 7.73. The van der Waals surface area contributed by atoms with Gasteiger partial charge in [0.1, 0.15) is 10.8 Å². The lowest BCUT2D eigenvalue weighted by molar-refractivity contribution is -0.115. The number of amides is 1. The average Bonchev–Trinajstić information content (AvgIpc) is 3.32. The molecule has 192 valence electrons. The van der Waals surface area contributed by atoms with E-state index >= 15 is 0 Å². The van der Waals surface area contributed by atoms with Crippen molar-refractivity contribution >= 4 is 39.0 Å². The van der Waals surface area contributed by atoms with E-state index in [1.807, 2.05) is 0 Å². The van der Waals surface area contributed by atoms with Gasteiger partial charge in [0.05, 0.1) is 45.4 Å². The topological polar surface area (TPSA) is 118 Å². The molecule has 0 aliphatic heterocycles. The maximum Gasteiger partial charge on any atom is 0.359 e. The normalized spacial score (nSPS) is 10.7. The first-order valence-electron chi connectivity index (χ1n) is 11.3. The third kappa shape index (κ3) is 5.26. The first-order valence-corrected chi connectivity index (χ1v) is 12.1. The maximum atomic E-state index is 13.6. The highest BCUT2D eigenvalue weighted by atomic mass is 32.1. The van der Waals surface area contributed by atoms with Crippen LogP contribution < -0.4 is 25.1 Å². The van der Waals surface area contributed by atoms with Crippen LogP contribution in [0.2, 0.25) is 0 Å². The van der Waals surface area contributed by atoms with Gasteiger partial charge < -0.3 is 24.3 Å². The molecule has 1 amide bonds. The molecule has 0 radical (unpaired) electrons. The van der Waals surface area contributed by atoms with Crippen LogP contribution in [0.5, 0.6) is 17.2 Å². The third-order valence-electron chi connectivity index (χ3n) is 5.48. The number of esters is 1. The van der Waals surface area contributed by atoms with Crippen LogP contribution in [0.3, 0.4) is 0 Å². The molecule has 1 N–H and O–H groups in total. The molecule has 2 aromatic heterocycles. The maximum absolute atomic E-state index is 13.6. The molecular formula is C26H25N3O7S. The number of fused-ring (bicyclic) bond motifs is 1. The minimum Gasteiger partial charge on any atom is -0.497 e. The molecule has 10 nitrogen and oxygen atoms in total. The number of carbonyl (C=O) groups excluding carboxylic acids is 2. The van der Waals surface area contributed by atoms with Gasteiger partial charge in [-0.15, -0.1) is 11.3 Å². The number of hydrogen-bond donors (Lipinski definition) is 1. The monoisotopic (exact) mass is 523 g/mol. The molecule has 37 heavy (non-hydrogen) atoms. The van der Waals surface area contributed by atoms with E-state index in [0.29, 0.717) is 38.9 Å². The summed E-state index contributed by atoms with van der Waals surface area (Å²) >= 11 is 1.13. The van der Waals surface area contributed by atoms with Crippen LogP contribution in [0.25, 0.3) is 16.5 Å². The Bertz CT molecular complexity index is 1530. The molecular weight excluding hydrogens is 498 g/mol. The number of hydrogen-bond acceptors (Lipinski definition) is 9. The lowest BCUT2D eigenvalue weighted by Gasteiger charge is -2.11. The summed E-state index contributed by atoms with van der Waals surface area (Å²) in [4.78, 5) is 39.2. The Morgan fingerprint density at radius 2 is 1.81 bits per heavy atom. The quantitative estimate of drug-likeness (QED) is 0.329. The molecule has 0 spiro atoms. The Balaban J connectivity index is 1.75. The number of ether oxygens (including phenoxy) is 4. The van der Waals surface area contributed by atoms with Gasteiger partial charge in [0.2, 0.25) is 5.91 Å². The van der Waals surface area contributed by atoms with Gasteiger partial charge in [0.15, 0.2) is 17.2 Å². The van der Waals surface area contributed by atoms with Crippen molar-refractivity contribution in [3.63, 3.8) is 0 Å². The first kappa shape index (κ1) is 25.7. The highest BCUT2D eigenvalue weighted by Crippen LogP contribution is 2.32. The van der Waals surface area contributed by atoms with Gasteiger partial charge in [-0.25, -0.2) is 4.79 Å². The number of methoxy groups -OCH3 is 3. The second-order valence-electron chi connectivity index (χ2n) is 7.76. The number of nitrogens with one attached hydrogen (secondary N) is 1. The van der Waals surface area contributed by atoms with Crippen LogP contribution in [0.4, 0.5) is 5.00 Å². The summed E-state index contributed by atoms with van der Waals surface area (Å²) < 4.78 is 22.1. The lowest BCUT2D eigenvalue weighted by Crippen LogP contribution is -2.25. The SMILES string of the molecule is CCOC(=O)c1nn(-c2cccc(OC)c2)c(=O)c2c(NC(=O)Cc3ccc(OC)c(OC)c3)scc12. The Morgan fingerprint density at radius 3 is 2.51 bits per heavy atom. The van der Waals surface area contributed by atoms with Crippen LogP contribution >= 0.6 is 11.3 Å². The van der Waals surface area contributed by atoms with Crippen molar-refractivity contribution in [2.45, 2.75) is 13.3 Å². The first-order chi connectivity index (χ1) is 17.9. The van der Waals surface area contributed by atoms with Crippen LogP contribution in [0.1, 0.15) is 23.0 Å². The summed E-state index contributed by atoms with van der Waals surface area (Å²) in [6.45, 7) is 1.82. The summed E-state index contributed by atoms with van der Waals surface area (Å²) in [5.74, 6) is 0.536. The van der Waals surface area contributed by atoms with Crippen LogP contribution in [-0.4, -0.2) is 49.6 Å². The summed E-state index contributed by atoms with van der Waals surface area (Å²) in [5.41, 5.74) is 0.555. The molecule has 0 unspecified atom stereocenters. The number of nitrogens with zero attached hydrogens (tertiary/aromatic N) is 2. The predicted molar refractivity (Wildman–Crippen MR) is 140 cm³/mol. The van der Waals surface area contributed by atoms with Gasteiger partial charge in [0.25, 0.3) is 5.56 Å². The molecule has 0 fully saturated rings. The number of benzene rings is 2. The lowest BCUT2D eigenvalue weighted by atomic mass is 10.1. The fraction of sp³-hybridized carbons (Fsp3) is 0.231. The standard InChI is InChI=1S/C26H25N3O7S/c1-5-36-26(32)23-18-14-37-24(27-21(30)12-15-9-10-19(34-3)20(11-15)35-4)22(18)25(31)29(28-23)16-7-6-8-17(13-16)33-2/h6-11,13-14H,5,12H2,1-4H3,(H,27,30). The van der Waals surface area contributed by atoms with Crippen molar-refractivity contribution in [3.05, 3.63) is 69.5 Å². The van der Waals surface area contributed by atoms with E-state index in [4.69, 9.17) is 18.9 Å². The van der Waals surface area contributed by atoms with Crippen molar-refractivity contribution in [1.82, 2.24) is 9.78 Å². The Labute approximate surface area is 216 Å². The highest BCUT2D eigenvalue weighted by Gasteiger charge is 2.23. The van der Waals surface area contributed by atoms with Gasteiger partial charge >= 0.3 is 5.97 Å². The second kappa shape index (κ2) is 11.1. The number of rotatable bonds is 9. The minimum atomic E-state index is -0.676. The van der Waals surface area contributed by atoms with E-state index in [1.165, 1.54) is 21.3 Å². The third-order valence-corrected chi connectivity index (χ3v) is 6.38. The fourth-order valence-electron chi connectivity index (χ4n) is 3.76. The number of carbonyl (C=O) groups is 2. The molecule has 0 bridgehead atoms. The van der Waals surface area contributed by atoms with Crippen LogP contribution in [0, 0.1) is 0 Å². The highest BCUT2D eigenvalue weighted by molar-refractivity contribution is 7.16. The van der Waals surface area contributed by atoms with Crippen LogP contribution in [0.15, 0.2) is 52.6 Å². The molecule has 11 heteroatoms. The van der Waals surface area contributed by atoms with Gasteiger partial charge in [-0.1, -0.05) is 12.1 Å². The largest absolute Gasteiger partial charge is 0.497 e. The zero-order valence-electron chi connectivity index (χ0n) is 20.7. The molecule has 0 saturated carbocycles. The van der Waals surface area contributed by atoms with Crippen molar-refractivity contribution in [2.24, 2.45) is 0 Å². The van der Waals surface area contributed by atoms with Crippen LogP contribution in [-0.2, 0) is 16.0 Å². The molecule has 0 saturated heterocycles. The van der Waals surface area contributed by atoms with Crippen molar-refractivity contribution in [3.8, 4) is 22.9 Å². The number of aromatic nitrogens is 2. The second-order valence-corrected chi connectivity index (χ2v) is 8.63. The van der Waals surface area contributed by atoms with Gasteiger partial charge in [0, 0.05) is 16.8 Å². The molecule has 4 rings (SSSR count). The number of thiophene rings is 1. The molecule has 2 aromatic carbocycles. The van der Waals surface area contributed by atoms with Gasteiger partial charge in [-0.05, 0) is 36.8 Å².